The summed E-state index contributed by atoms with van der Waals surface area (Å²) in [6.07, 6.45) is 8.13. The first-order chi connectivity index (χ1) is 9.31. The van der Waals surface area contributed by atoms with Crippen LogP contribution in [0.3, 0.4) is 0 Å². The predicted molar refractivity (Wildman–Crippen MR) is 83.0 cm³/mol. The molecular weight excluding hydrogens is 254 g/mol. The molecule has 19 heavy (non-hydrogen) atoms. The molecule has 0 aromatic carbocycles. The average Bonchev–Trinajstić information content (AvgIpc) is 2.86. The maximum absolute atomic E-state index is 5.51. The van der Waals surface area contributed by atoms with Gasteiger partial charge in [-0.1, -0.05) is 6.08 Å². The molecule has 0 radical (unpaired) electrons. The minimum Gasteiger partial charge on any atom is -0.380 e. The van der Waals surface area contributed by atoms with E-state index in [1.807, 2.05) is 17.4 Å². The van der Waals surface area contributed by atoms with Crippen molar-refractivity contribution in [3.63, 3.8) is 0 Å². The molecule has 1 aromatic heterocycles. The van der Waals surface area contributed by atoms with Crippen LogP contribution in [0.25, 0.3) is 0 Å². The van der Waals surface area contributed by atoms with Crippen molar-refractivity contribution in [2.45, 2.75) is 45.1 Å². The smallest absolute Gasteiger partial charge is 0.0591 e. The molecule has 1 aliphatic carbocycles. The Labute approximate surface area is 120 Å². The van der Waals surface area contributed by atoms with Gasteiger partial charge in [0.25, 0.3) is 0 Å². The third kappa shape index (κ3) is 4.44. The fraction of sp³-hybridized carbons (Fsp3) is 0.625. The lowest BCUT2D eigenvalue weighted by atomic mass is 9.99. The topological polar surface area (TPSA) is 21.3 Å². The molecule has 0 fully saturated rings. The molecule has 1 unspecified atom stereocenters. The molecule has 1 aliphatic rings. The fourth-order valence-corrected chi connectivity index (χ4v) is 3.73. The Bertz CT molecular complexity index is 376. The third-order valence-corrected chi connectivity index (χ3v) is 5.03. The summed E-state index contributed by atoms with van der Waals surface area (Å²) in [5, 5.41) is 3.54. The molecule has 1 atom stereocenters. The van der Waals surface area contributed by atoms with Gasteiger partial charge >= 0.3 is 0 Å². The Balaban J connectivity index is 1.72. The van der Waals surface area contributed by atoms with Gasteiger partial charge in [-0.15, -0.1) is 17.9 Å². The normalized spacial score (nSPS) is 16.1. The summed E-state index contributed by atoms with van der Waals surface area (Å²) >= 11 is 2.00. The maximum Gasteiger partial charge on any atom is 0.0591 e. The summed E-state index contributed by atoms with van der Waals surface area (Å²) in [6.45, 7) is 8.42. The van der Waals surface area contributed by atoms with Crippen LogP contribution in [0.15, 0.2) is 18.7 Å². The highest BCUT2D eigenvalue weighted by atomic mass is 32.1. The van der Waals surface area contributed by atoms with Crippen LogP contribution in [0.5, 0.6) is 0 Å². The summed E-state index contributed by atoms with van der Waals surface area (Å²) in [5.74, 6) is 0. The van der Waals surface area contributed by atoms with E-state index in [1.165, 1.54) is 30.6 Å². The van der Waals surface area contributed by atoms with Gasteiger partial charge in [0, 0.05) is 22.3 Å². The van der Waals surface area contributed by atoms with Gasteiger partial charge < -0.3 is 10.1 Å². The van der Waals surface area contributed by atoms with Crippen LogP contribution in [-0.2, 0) is 17.6 Å². The molecule has 2 nitrogen and oxygen atoms in total. The molecule has 1 aromatic rings. The quantitative estimate of drug-likeness (QED) is 0.576. The largest absolute Gasteiger partial charge is 0.380 e. The van der Waals surface area contributed by atoms with Crippen molar-refractivity contribution < 1.29 is 4.74 Å². The Hall–Kier alpha value is -0.640. The average molecular weight is 279 g/mol. The SMILES string of the molecule is C=CCCOCCNC(C)c1cc2c(s1)CCCC2. The Morgan fingerprint density at radius 2 is 2.26 bits per heavy atom. The second-order valence-electron chi connectivity index (χ2n) is 5.17. The van der Waals surface area contributed by atoms with E-state index in [9.17, 15) is 0 Å². The number of rotatable bonds is 8. The van der Waals surface area contributed by atoms with Crippen LogP contribution in [0.2, 0.25) is 0 Å². The van der Waals surface area contributed by atoms with Crippen molar-refractivity contribution in [1.29, 1.82) is 0 Å². The molecule has 3 heteroatoms. The molecule has 106 valence electrons. The highest BCUT2D eigenvalue weighted by Crippen LogP contribution is 2.32. The van der Waals surface area contributed by atoms with E-state index in [0.29, 0.717) is 6.04 Å². The lowest BCUT2D eigenvalue weighted by molar-refractivity contribution is 0.139. The van der Waals surface area contributed by atoms with Crippen LogP contribution >= 0.6 is 11.3 Å². The van der Waals surface area contributed by atoms with Gasteiger partial charge in [-0.25, -0.2) is 0 Å². The third-order valence-electron chi connectivity index (χ3n) is 3.61. The van der Waals surface area contributed by atoms with Crippen molar-refractivity contribution in [3.8, 4) is 0 Å². The molecule has 0 spiro atoms. The van der Waals surface area contributed by atoms with Crippen LogP contribution < -0.4 is 5.32 Å². The van der Waals surface area contributed by atoms with E-state index in [2.05, 4.69) is 24.9 Å². The molecule has 1 heterocycles. The summed E-state index contributed by atoms with van der Waals surface area (Å²) in [7, 11) is 0. The zero-order chi connectivity index (χ0) is 13.5. The lowest BCUT2D eigenvalue weighted by Crippen LogP contribution is -2.22. The van der Waals surface area contributed by atoms with E-state index >= 15 is 0 Å². The first-order valence-electron chi connectivity index (χ1n) is 7.34. The van der Waals surface area contributed by atoms with Crippen LogP contribution in [0.4, 0.5) is 0 Å². The molecule has 0 aliphatic heterocycles. The standard InChI is InChI=1S/C16H25NOS/c1-3-4-10-18-11-9-17-13(2)16-12-14-7-5-6-8-15(14)19-16/h3,12-13,17H,1,4-11H2,2H3. The van der Waals surface area contributed by atoms with Crippen molar-refractivity contribution in [2.24, 2.45) is 0 Å². The van der Waals surface area contributed by atoms with Gasteiger partial charge in [-0.05, 0) is 50.7 Å². The van der Waals surface area contributed by atoms with Crippen LogP contribution in [-0.4, -0.2) is 19.8 Å². The molecule has 0 bridgehead atoms. The van der Waals surface area contributed by atoms with E-state index in [1.54, 1.807) is 10.4 Å². The molecular formula is C16H25NOS. The zero-order valence-electron chi connectivity index (χ0n) is 11.9. The van der Waals surface area contributed by atoms with Gasteiger partial charge in [-0.2, -0.15) is 0 Å². The highest BCUT2D eigenvalue weighted by molar-refractivity contribution is 7.12. The number of ether oxygens (including phenoxy) is 1. The van der Waals surface area contributed by atoms with Crippen molar-refractivity contribution in [3.05, 3.63) is 34.0 Å². The molecule has 1 N–H and O–H groups in total. The molecule has 0 saturated heterocycles. The van der Waals surface area contributed by atoms with E-state index in [4.69, 9.17) is 4.74 Å². The minimum absolute atomic E-state index is 0.443. The summed E-state index contributed by atoms with van der Waals surface area (Å²) in [4.78, 5) is 3.11. The van der Waals surface area contributed by atoms with E-state index in [0.717, 1.165) is 26.2 Å². The second kappa shape index (κ2) is 7.83. The molecule has 0 saturated carbocycles. The van der Waals surface area contributed by atoms with Gasteiger partial charge in [0.2, 0.25) is 0 Å². The highest BCUT2D eigenvalue weighted by Gasteiger charge is 2.16. The number of aryl methyl sites for hydroxylation is 2. The Morgan fingerprint density at radius 1 is 1.42 bits per heavy atom. The second-order valence-corrected chi connectivity index (χ2v) is 6.34. The lowest BCUT2D eigenvalue weighted by Gasteiger charge is -2.12. The van der Waals surface area contributed by atoms with Gasteiger partial charge in [0.1, 0.15) is 0 Å². The monoisotopic (exact) mass is 279 g/mol. The van der Waals surface area contributed by atoms with Crippen LogP contribution in [0, 0.1) is 0 Å². The van der Waals surface area contributed by atoms with Crippen molar-refractivity contribution in [2.75, 3.05) is 19.8 Å². The van der Waals surface area contributed by atoms with Crippen LogP contribution in [0.1, 0.15) is 47.5 Å². The predicted octanol–water partition coefficient (Wildman–Crippen LogP) is 3.87. The minimum atomic E-state index is 0.443. The summed E-state index contributed by atoms with van der Waals surface area (Å²) < 4.78 is 5.51. The van der Waals surface area contributed by atoms with Crippen molar-refractivity contribution in [1.82, 2.24) is 5.32 Å². The molecule has 0 amide bonds. The first kappa shape index (κ1) is 14.8. The van der Waals surface area contributed by atoms with E-state index in [-0.39, 0.29) is 0 Å². The van der Waals surface area contributed by atoms with Gasteiger partial charge in [-0.3, -0.25) is 0 Å². The number of hydrogen-bond acceptors (Lipinski definition) is 3. The number of thiophene rings is 1. The van der Waals surface area contributed by atoms with Crippen molar-refractivity contribution >= 4 is 11.3 Å². The number of fused-ring (bicyclic) bond motifs is 1. The fourth-order valence-electron chi connectivity index (χ4n) is 2.44. The number of hydrogen-bond donors (Lipinski definition) is 1. The van der Waals surface area contributed by atoms with E-state index < -0.39 is 0 Å². The Morgan fingerprint density at radius 3 is 3.05 bits per heavy atom. The maximum atomic E-state index is 5.51. The molecule has 2 rings (SSSR count). The summed E-state index contributed by atoms with van der Waals surface area (Å²) in [5.41, 5.74) is 1.60. The Kier molecular flexibility index (Phi) is 6.08. The zero-order valence-corrected chi connectivity index (χ0v) is 12.7. The van der Waals surface area contributed by atoms with Gasteiger partial charge in [0.15, 0.2) is 0 Å². The first-order valence-corrected chi connectivity index (χ1v) is 8.16. The van der Waals surface area contributed by atoms with Gasteiger partial charge in [0.05, 0.1) is 13.2 Å². The number of nitrogens with one attached hydrogen (secondary N) is 1. The summed E-state index contributed by atoms with van der Waals surface area (Å²) in [6, 6.07) is 2.86.